The van der Waals surface area contributed by atoms with Crippen LogP contribution in [0, 0.1) is 0 Å². The highest BCUT2D eigenvalue weighted by molar-refractivity contribution is 7.91. The van der Waals surface area contributed by atoms with Crippen molar-refractivity contribution < 1.29 is 31.2 Å². The Morgan fingerprint density at radius 3 is 2.22 bits per heavy atom. The number of carbonyl (C=O) groups excluding carboxylic acids is 2. The first-order valence-electron chi connectivity index (χ1n) is 11.0. The topological polar surface area (TPSA) is 127 Å². The van der Waals surface area contributed by atoms with Crippen LogP contribution in [0.4, 0.5) is 0 Å². The third kappa shape index (κ3) is 5.49. The molecule has 1 atom stereocenters. The van der Waals surface area contributed by atoms with Gasteiger partial charge in [-0.1, -0.05) is 12.8 Å². The molecule has 0 radical (unpaired) electrons. The number of carbonyl (C=O) groups is 2. The lowest BCUT2D eigenvalue weighted by atomic mass is 10.1. The van der Waals surface area contributed by atoms with Gasteiger partial charge in [-0.25, -0.2) is 26.4 Å². The number of hydrogen-bond donors (Lipinski definition) is 1. The van der Waals surface area contributed by atoms with Gasteiger partial charge in [-0.3, -0.25) is 4.79 Å². The smallest absolute Gasteiger partial charge is 0.338 e. The van der Waals surface area contributed by atoms with E-state index in [1.54, 1.807) is 4.90 Å². The van der Waals surface area contributed by atoms with E-state index in [1.165, 1.54) is 24.3 Å². The maximum atomic E-state index is 12.9. The van der Waals surface area contributed by atoms with Crippen molar-refractivity contribution in [1.82, 2.24) is 9.62 Å². The standard InChI is InChI=1S/C21H28N2O7S2/c24-20(23(17-3-1-2-4-17)18-11-12-31(26,27)14-18)13-30-21(25)15-5-9-19(10-6-15)32(28,29)22-16-7-8-16/h5-6,9-10,16-18,22H,1-4,7-8,11-14H2. The third-order valence-electron chi connectivity index (χ3n) is 6.23. The van der Waals surface area contributed by atoms with Crippen LogP contribution < -0.4 is 4.72 Å². The zero-order chi connectivity index (χ0) is 22.9. The molecule has 3 aliphatic rings. The van der Waals surface area contributed by atoms with Crippen molar-refractivity contribution in [2.24, 2.45) is 0 Å². The maximum Gasteiger partial charge on any atom is 0.338 e. The molecule has 1 amide bonds. The Bertz CT molecular complexity index is 1070. The molecule has 176 valence electrons. The van der Waals surface area contributed by atoms with Crippen molar-refractivity contribution >= 4 is 31.7 Å². The molecule has 0 spiro atoms. The Morgan fingerprint density at radius 2 is 1.66 bits per heavy atom. The number of sulfone groups is 1. The first-order chi connectivity index (χ1) is 15.1. The lowest BCUT2D eigenvalue weighted by molar-refractivity contribution is -0.139. The summed E-state index contributed by atoms with van der Waals surface area (Å²) in [6.07, 6.45) is 5.66. The van der Waals surface area contributed by atoms with E-state index in [1.807, 2.05) is 0 Å². The van der Waals surface area contributed by atoms with Crippen molar-refractivity contribution in [2.45, 2.75) is 68.0 Å². The Morgan fingerprint density at radius 1 is 1.00 bits per heavy atom. The highest BCUT2D eigenvalue weighted by Gasteiger charge is 2.39. The van der Waals surface area contributed by atoms with Crippen LogP contribution in [0.1, 0.15) is 55.3 Å². The summed E-state index contributed by atoms with van der Waals surface area (Å²) in [6.45, 7) is -0.477. The minimum absolute atomic E-state index is 0.0201. The molecule has 1 N–H and O–H groups in total. The molecule has 9 nitrogen and oxygen atoms in total. The molecule has 0 aromatic heterocycles. The summed E-state index contributed by atoms with van der Waals surface area (Å²) in [7, 11) is -6.77. The first-order valence-corrected chi connectivity index (χ1v) is 14.3. The number of ether oxygens (including phenoxy) is 1. The Kier molecular flexibility index (Phi) is 6.60. The SMILES string of the molecule is O=C(OCC(=O)N(C1CCCC1)C1CCS(=O)(=O)C1)c1ccc(S(=O)(=O)NC2CC2)cc1. The van der Waals surface area contributed by atoms with Crippen molar-refractivity contribution in [2.75, 3.05) is 18.1 Å². The summed E-state index contributed by atoms with van der Waals surface area (Å²) in [6, 6.07) is 4.95. The van der Waals surface area contributed by atoms with Crippen LogP contribution in [0.2, 0.25) is 0 Å². The quantitative estimate of drug-likeness (QED) is 0.550. The van der Waals surface area contributed by atoms with E-state index in [-0.39, 0.29) is 46.0 Å². The second kappa shape index (κ2) is 9.11. The van der Waals surface area contributed by atoms with Crippen molar-refractivity contribution in [3.05, 3.63) is 29.8 Å². The highest BCUT2D eigenvalue weighted by Crippen LogP contribution is 2.29. The predicted molar refractivity (Wildman–Crippen MR) is 116 cm³/mol. The number of benzene rings is 1. The van der Waals surface area contributed by atoms with E-state index in [4.69, 9.17) is 4.74 Å². The maximum absolute atomic E-state index is 12.9. The van der Waals surface area contributed by atoms with E-state index in [0.717, 1.165) is 38.5 Å². The monoisotopic (exact) mass is 484 g/mol. The first kappa shape index (κ1) is 23.2. The molecule has 2 saturated carbocycles. The fraction of sp³-hybridized carbons (Fsp3) is 0.619. The molecule has 1 aromatic rings. The Labute approximate surface area is 188 Å². The summed E-state index contributed by atoms with van der Waals surface area (Å²) in [5, 5.41) is 0. The largest absolute Gasteiger partial charge is 0.452 e. The van der Waals surface area contributed by atoms with E-state index >= 15 is 0 Å². The molecule has 1 heterocycles. The molecule has 3 fully saturated rings. The van der Waals surface area contributed by atoms with Gasteiger partial charge in [0.25, 0.3) is 5.91 Å². The van der Waals surface area contributed by atoms with Crippen molar-refractivity contribution in [3.63, 3.8) is 0 Å². The normalized spacial score (nSPS) is 23.2. The molecule has 32 heavy (non-hydrogen) atoms. The summed E-state index contributed by atoms with van der Waals surface area (Å²) >= 11 is 0. The summed E-state index contributed by atoms with van der Waals surface area (Å²) in [5.41, 5.74) is 0.138. The van der Waals surface area contributed by atoms with Crippen LogP contribution in [-0.2, 0) is 29.4 Å². The molecule has 1 aliphatic heterocycles. The fourth-order valence-electron chi connectivity index (χ4n) is 4.43. The van der Waals surface area contributed by atoms with Crippen LogP contribution >= 0.6 is 0 Å². The predicted octanol–water partition coefficient (Wildman–Crippen LogP) is 1.24. The lowest BCUT2D eigenvalue weighted by Gasteiger charge is -2.33. The number of nitrogens with one attached hydrogen (secondary N) is 1. The molecule has 2 aliphatic carbocycles. The van der Waals surface area contributed by atoms with Gasteiger partial charge in [-0.2, -0.15) is 0 Å². The summed E-state index contributed by atoms with van der Waals surface area (Å²) < 4.78 is 56.1. The minimum atomic E-state index is -3.62. The molecule has 1 saturated heterocycles. The Hall–Kier alpha value is -1.98. The van der Waals surface area contributed by atoms with Crippen LogP contribution in [-0.4, -0.2) is 69.9 Å². The summed E-state index contributed by atoms with van der Waals surface area (Å²) in [5.74, 6) is -1.10. The van der Waals surface area contributed by atoms with Gasteiger partial charge in [0.2, 0.25) is 10.0 Å². The molecular formula is C21H28N2O7S2. The van der Waals surface area contributed by atoms with E-state index in [0.29, 0.717) is 6.42 Å². The van der Waals surface area contributed by atoms with Gasteiger partial charge in [0.15, 0.2) is 16.4 Å². The van der Waals surface area contributed by atoms with Crippen LogP contribution in [0.15, 0.2) is 29.2 Å². The second-order valence-electron chi connectivity index (χ2n) is 8.79. The van der Waals surface area contributed by atoms with Gasteiger partial charge in [-0.05, 0) is 56.4 Å². The molecule has 1 unspecified atom stereocenters. The fourth-order valence-corrected chi connectivity index (χ4v) is 7.44. The average Bonchev–Trinajstić information content (AvgIpc) is 3.24. The number of rotatable bonds is 8. The van der Waals surface area contributed by atoms with Gasteiger partial charge in [0, 0.05) is 18.1 Å². The third-order valence-corrected chi connectivity index (χ3v) is 9.52. The van der Waals surface area contributed by atoms with Crippen LogP contribution in [0.3, 0.4) is 0 Å². The molecule has 11 heteroatoms. The van der Waals surface area contributed by atoms with Gasteiger partial charge in [0.05, 0.1) is 22.0 Å². The van der Waals surface area contributed by atoms with Crippen LogP contribution in [0.25, 0.3) is 0 Å². The Balaban J connectivity index is 1.38. The second-order valence-corrected chi connectivity index (χ2v) is 12.7. The minimum Gasteiger partial charge on any atom is -0.452 e. The zero-order valence-electron chi connectivity index (χ0n) is 17.7. The zero-order valence-corrected chi connectivity index (χ0v) is 19.4. The van der Waals surface area contributed by atoms with Crippen molar-refractivity contribution in [1.29, 1.82) is 0 Å². The van der Waals surface area contributed by atoms with Crippen molar-refractivity contribution in [3.8, 4) is 0 Å². The molecule has 1 aromatic carbocycles. The molecule has 0 bridgehead atoms. The highest BCUT2D eigenvalue weighted by atomic mass is 32.2. The number of nitrogens with zero attached hydrogens (tertiary/aromatic N) is 1. The van der Waals surface area contributed by atoms with Gasteiger partial charge >= 0.3 is 5.97 Å². The van der Waals surface area contributed by atoms with Crippen LogP contribution in [0.5, 0.6) is 0 Å². The number of hydrogen-bond acceptors (Lipinski definition) is 7. The van der Waals surface area contributed by atoms with E-state index < -0.39 is 32.4 Å². The van der Waals surface area contributed by atoms with E-state index in [2.05, 4.69) is 4.72 Å². The van der Waals surface area contributed by atoms with Gasteiger partial charge < -0.3 is 9.64 Å². The number of esters is 1. The molecule has 4 rings (SSSR count). The van der Waals surface area contributed by atoms with Gasteiger partial charge in [0.1, 0.15) is 0 Å². The average molecular weight is 485 g/mol. The van der Waals surface area contributed by atoms with E-state index in [9.17, 15) is 26.4 Å². The number of sulfonamides is 1. The number of amides is 1. The summed E-state index contributed by atoms with van der Waals surface area (Å²) in [4.78, 5) is 27.0. The van der Waals surface area contributed by atoms with Gasteiger partial charge in [-0.15, -0.1) is 0 Å². The lowest BCUT2D eigenvalue weighted by Crippen LogP contribution is -2.48. The molecular weight excluding hydrogens is 456 g/mol.